The lowest BCUT2D eigenvalue weighted by molar-refractivity contribution is -0.485. The minimum atomic E-state index is -0.677. The maximum absolute atomic E-state index is 12.3. The Morgan fingerprint density at radius 3 is 1.91 bits per heavy atom. The van der Waals surface area contributed by atoms with Crippen molar-refractivity contribution in [1.82, 2.24) is 9.80 Å². The Labute approximate surface area is 249 Å². The molecule has 2 heterocycles. The fourth-order valence-corrected chi connectivity index (χ4v) is 4.79. The number of Topliss-reactive ketones (excluding diaryl/α,β-unsaturated/α-hetero) is 1. The molecule has 13 heteroatoms. The topological polar surface area (TPSA) is 178 Å². The van der Waals surface area contributed by atoms with Crippen LogP contribution in [-0.4, -0.2) is 77.1 Å². The normalized spacial score (nSPS) is 19.6. The molecule has 0 aliphatic carbocycles. The van der Waals surface area contributed by atoms with Gasteiger partial charge in [-0.25, -0.2) is 0 Å². The highest BCUT2D eigenvalue weighted by atomic mass is 16.6. The summed E-state index contributed by atoms with van der Waals surface area (Å²) >= 11 is 0. The first kappa shape index (κ1) is 36.0. The zero-order valence-corrected chi connectivity index (χ0v) is 24.6. The molecule has 230 valence electrons. The summed E-state index contributed by atoms with van der Waals surface area (Å²) in [7, 11) is 3.48. The van der Waals surface area contributed by atoms with E-state index in [9.17, 15) is 34.6 Å². The number of hydrogen-bond donors (Lipinski definition) is 0. The maximum Gasteiger partial charge on any atom is 0.373 e. The van der Waals surface area contributed by atoms with Crippen LogP contribution in [0.5, 0.6) is 0 Å². The Hall–Kier alpha value is -5.03. The lowest BCUT2D eigenvalue weighted by atomic mass is 9.72. The summed E-state index contributed by atoms with van der Waals surface area (Å²) < 4.78 is 0. The second-order valence-electron chi connectivity index (χ2n) is 10.2. The van der Waals surface area contributed by atoms with Crippen molar-refractivity contribution in [2.75, 3.05) is 33.7 Å². The van der Waals surface area contributed by atoms with Gasteiger partial charge in [0.25, 0.3) is 0 Å². The molecule has 0 saturated carbocycles. The van der Waals surface area contributed by atoms with Gasteiger partial charge in [-0.3, -0.25) is 34.6 Å². The number of likely N-dealkylation sites (tertiary alicyclic amines) is 2. The molecule has 2 fully saturated rings. The van der Waals surface area contributed by atoms with Crippen LogP contribution < -0.4 is 0 Å². The van der Waals surface area contributed by atoms with Crippen LogP contribution in [0, 0.1) is 31.6 Å². The van der Waals surface area contributed by atoms with Crippen LogP contribution >= 0.6 is 0 Å². The Morgan fingerprint density at radius 1 is 1.00 bits per heavy atom. The van der Waals surface area contributed by atoms with Crippen molar-refractivity contribution in [3.05, 3.63) is 98.2 Å². The first-order valence-corrected chi connectivity index (χ1v) is 13.3. The highest BCUT2D eigenvalue weighted by Crippen LogP contribution is 2.44. The van der Waals surface area contributed by atoms with Crippen molar-refractivity contribution in [2.45, 2.75) is 32.6 Å². The van der Waals surface area contributed by atoms with Gasteiger partial charge in [-0.1, -0.05) is 60.7 Å². The summed E-state index contributed by atoms with van der Waals surface area (Å²) in [6.45, 7) is 4.50. The summed E-state index contributed by atoms with van der Waals surface area (Å²) in [5, 5.41) is 20.8. The number of hydrogen-bond acceptors (Lipinski definition) is 9. The van der Waals surface area contributed by atoms with E-state index in [2.05, 4.69) is 0 Å². The Bertz CT molecular complexity index is 1310. The number of amides is 2. The molecule has 2 aromatic carbocycles. The van der Waals surface area contributed by atoms with Crippen molar-refractivity contribution in [2.24, 2.45) is 11.3 Å². The molecule has 0 aromatic heterocycles. The van der Waals surface area contributed by atoms with E-state index < -0.39 is 10.3 Å². The van der Waals surface area contributed by atoms with Crippen LogP contribution in [0.1, 0.15) is 43.7 Å². The van der Waals surface area contributed by atoms with Gasteiger partial charge in [0.05, 0.1) is 22.2 Å². The van der Waals surface area contributed by atoms with E-state index in [1.165, 1.54) is 13.0 Å². The minimum absolute atomic E-state index is 0.00297. The van der Waals surface area contributed by atoms with E-state index in [-0.39, 0.29) is 47.1 Å². The number of ketones is 1. The number of carbonyl (C=O) groups is 3. The molecule has 13 nitrogen and oxygen atoms in total. The van der Waals surface area contributed by atoms with Crippen molar-refractivity contribution in [3.8, 4) is 0 Å². The standard InChI is InChI=1S/C14H18N2O3.C8H7NO2.C7H11NO2.CO2/c1-14(8-9-15(2)13(14)17)12(10-16(18)19)11-6-4-3-5-7-11;10-9(11)7-6-8-4-2-1-3-5-8;1-5(9)6-3-4-8(2)7(6)10;2-1-3/h3-7,12H,8-10H2,1-2H3;1-7H;6H,3-4H2,1-2H3;/b;7-6+;;/t12-,14+;;;/m1.../s1. The average molecular weight is 597 g/mol. The molecule has 0 radical (unpaired) electrons. The summed E-state index contributed by atoms with van der Waals surface area (Å²) in [6.07, 6.45) is 4.00. The molecular formula is C30H36N4O9. The van der Waals surface area contributed by atoms with Crippen LogP contribution in [0.2, 0.25) is 0 Å². The summed E-state index contributed by atoms with van der Waals surface area (Å²) in [4.78, 5) is 73.7. The third-order valence-corrected chi connectivity index (χ3v) is 7.21. The second-order valence-corrected chi connectivity index (χ2v) is 10.2. The van der Waals surface area contributed by atoms with E-state index >= 15 is 0 Å². The molecule has 2 aliphatic rings. The highest BCUT2D eigenvalue weighted by Gasteiger charge is 2.49. The van der Waals surface area contributed by atoms with Crippen LogP contribution in [0.25, 0.3) is 6.08 Å². The molecule has 2 aromatic rings. The predicted octanol–water partition coefficient (Wildman–Crippen LogP) is 3.32. The van der Waals surface area contributed by atoms with Crippen molar-refractivity contribution in [1.29, 1.82) is 0 Å². The lowest BCUT2D eigenvalue weighted by Gasteiger charge is -2.29. The fourth-order valence-electron chi connectivity index (χ4n) is 4.79. The maximum atomic E-state index is 12.3. The van der Waals surface area contributed by atoms with E-state index in [1.807, 2.05) is 55.5 Å². The number of nitro groups is 2. The molecule has 2 saturated heterocycles. The third-order valence-electron chi connectivity index (χ3n) is 7.21. The van der Waals surface area contributed by atoms with Crippen molar-refractivity contribution >= 4 is 29.8 Å². The quantitative estimate of drug-likeness (QED) is 0.263. The predicted molar refractivity (Wildman–Crippen MR) is 155 cm³/mol. The number of nitrogens with zero attached hydrogens (tertiary/aromatic N) is 4. The molecule has 3 atom stereocenters. The van der Waals surface area contributed by atoms with Gasteiger partial charge in [0, 0.05) is 38.2 Å². The Balaban J connectivity index is 0.000000329. The first-order chi connectivity index (χ1) is 20.3. The van der Waals surface area contributed by atoms with E-state index in [1.54, 1.807) is 36.0 Å². The lowest BCUT2D eigenvalue weighted by Crippen LogP contribution is -2.38. The van der Waals surface area contributed by atoms with Gasteiger partial charge in [-0.05, 0) is 37.8 Å². The monoisotopic (exact) mass is 596 g/mol. The molecule has 2 amide bonds. The van der Waals surface area contributed by atoms with Crippen molar-refractivity contribution in [3.63, 3.8) is 0 Å². The van der Waals surface area contributed by atoms with Gasteiger partial charge in [-0.2, -0.15) is 9.59 Å². The Morgan fingerprint density at radius 2 is 1.53 bits per heavy atom. The SMILES string of the molecule is CC(=O)C1CCN(C)C1=O.CN1CC[C@@](C)([C@H](C[N+](=O)[O-])c2ccccc2)C1=O.O=C=O.O=[N+]([O-])/C=C/c1ccccc1. The van der Waals surface area contributed by atoms with E-state index in [0.717, 1.165) is 23.9 Å². The summed E-state index contributed by atoms with van der Waals surface area (Å²) in [6, 6.07) is 18.5. The second kappa shape index (κ2) is 17.7. The number of rotatable bonds is 7. The van der Waals surface area contributed by atoms with Gasteiger partial charge >= 0.3 is 6.15 Å². The van der Waals surface area contributed by atoms with Crippen LogP contribution in [0.15, 0.2) is 66.9 Å². The first-order valence-electron chi connectivity index (χ1n) is 13.3. The van der Waals surface area contributed by atoms with Gasteiger partial charge < -0.3 is 9.80 Å². The van der Waals surface area contributed by atoms with Crippen LogP contribution in [0.4, 0.5) is 0 Å². The largest absolute Gasteiger partial charge is 0.373 e. The zero-order valence-electron chi connectivity index (χ0n) is 24.6. The van der Waals surface area contributed by atoms with Gasteiger partial charge in [0.1, 0.15) is 5.78 Å². The molecule has 1 unspecified atom stereocenters. The zero-order chi connectivity index (χ0) is 32.6. The van der Waals surface area contributed by atoms with Crippen LogP contribution in [0.3, 0.4) is 0 Å². The van der Waals surface area contributed by atoms with Crippen LogP contribution in [-0.2, 0) is 24.0 Å². The number of benzene rings is 2. The molecule has 0 N–H and O–H groups in total. The summed E-state index contributed by atoms with van der Waals surface area (Å²) in [5.41, 5.74) is 1.03. The smallest absolute Gasteiger partial charge is 0.345 e. The molecule has 2 aliphatic heterocycles. The van der Waals surface area contributed by atoms with E-state index in [4.69, 9.17) is 9.59 Å². The molecule has 0 bridgehead atoms. The molecule has 0 spiro atoms. The molecule has 4 rings (SSSR count). The fraction of sp³-hybridized carbons (Fsp3) is 0.400. The average Bonchev–Trinajstić information content (AvgIpc) is 3.45. The minimum Gasteiger partial charge on any atom is -0.345 e. The van der Waals surface area contributed by atoms with E-state index in [0.29, 0.717) is 19.4 Å². The third kappa shape index (κ3) is 11.4. The molecule has 43 heavy (non-hydrogen) atoms. The summed E-state index contributed by atoms with van der Waals surface area (Å²) in [5.74, 6) is -0.740. The Kier molecular flexibility index (Phi) is 14.8. The van der Waals surface area contributed by atoms with Gasteiger partial charge in [0.15, 0.2) is 0 Å². The molecular weight excluding hydrogens is 560 g/mol. The number of carbonyl (C=O) groups excluding carboxylic acids is 5. The van der Waals surface area contributed by atoms with Gasteiger partial charge in [0.2, 0.25) is 24.6 Å². The highest BCUT2D eigenvalue weighted by molar-refractivity contribution is 6.01. The van der Waals surface area contributed by atoms with Gasteiger partial charge in [-0.15, -0.1) is 0 Å². The van der Waals surface area contributed by atoms with Crippen molar-refractivity contribution < 1.29 is 33.8 Å².